The summed E-state index contributed by atoms with van der Waals surface area (Å²) in [5.74, 6) is 0. The lowest BCUT2D eigenvalue weighted by Crippen LogP contribution is -2.43. The lowest BCUT2D eigenvalue weighted by atomic mass is 9.88. The van der Waals surface area contributed by atoms with Crippen LogP contribution in [0.3, 0.4) is 0 Å². The van der Waals surface area contributed by atoms with Crippen LogP contribution in [0.15, 0.2) is 0 Å². The van der Waals surface area contributed by atoms with Gasteiger partial charge in [0.2, 0.25) is 0 Å². The minimum atomic E-state index is -5.55. The average Bonchev–Trinajstić information content (AvgIpc) is 2.50. The molecule has 0 radical (unpaired) electrons. The standard InChI is InChI=1S/C12H14F12O3/c1-2-9(3-25-6(13)10(16,17)18,4-26-7(14)11(19,20)21)5-27-8(15)12(22,23)24/h6-8H,2-5H2,1H3. The Kier molecular flexibility index (Phi) is 9.16. The summed E-state index contributed by atoms with van der Waals surface area (Å²) in [4.78, 5) is 0. The maximum atomic E-state index is 12.8. The Labute approximate surface area is 144 Å². The van der Waals surface area contributed by atoms with Crippen LogP contribution in [0.2, 0.25) is 0 Å². The zero-order valence-electron chi connectivity index (χ0n) is 13.3. The van der Waals surface area contributed by atoms with Gasteiger partial charge in [0.15, 0.2) is 0 Å². The lowest BCUT2D eigenvalue weighted by molar-refractivity contribution is -0.301. The van der Waals surface area contributed by atoms with Gasteiger partial charge in [0.25, 0.3) is 19.1 Å². The minimum Gasteiger partial charge on any atom is -0.340 e. The van der Waals surface area contributed by atoms with Crippen molar-refractivity contribution in [1.29, 1.82) is 0 Å². The Morgan fingerprint density at radius 3 is 0.926 bits per heavy atom. The third kappa shape index (κ3) is 9.19. The Bertz CT molecular complexity index is 373. The van der Waals surface area contributed by atoms with E-state index in [4.69, 9.17) is 0 Å². The number of alkyl halides is 12. The first-order chi connectivity index (χ1) is 11.9. The monoisotopic (exact) mass is 434 g/mol. The first kappa shape index (κ1) is 26.0. The molecule has 0 heterocycles. The quantitative estimate of drug-likeness (QED) is 0.453. The van der Waals surface area contributed by atoms with Crippen LogP contribution >= 0.6 is 0 Å². The largest absolute Gasteiger partial charge is 0.445 e. The van der Waals surface area contributed by atoms with Crippen molar-refractivity contribution in [2.24, 2.45) is 5.41 Å². The van der Waals surface area contributed by atoms with Crippen molar-refractivity contribution >= 4 is 0 Å². The van der Waals surface area contributed by atoms with Crippen molar-refractivity contribution < 1.29 is 66.9 Å². The van der Waals surface area contributed by atoms with Gasteiger partial charge in [-0.05, 0) is 6.42 Å². The summed E-state index contributed by atoms with van der Waals surface area (Å²) in [5, 5.41) is 0. The number of hydrogen-bond donors (Lipinski definition) is 0. The number of hydrogen-bond acceptors (Lipinski definition) is 3. The molecular formula is C12H14F12O3. The summed E-state index contributed by atoms with van der Waals surface area (Å²) in [7, 11) is 0. The van der Waals surface area contributed by atoms with E-state index in [1.165, 1.54) is 0 Å². The molecule has 15 heteroatoms. The van der Waals surface area contributed by atoms with Gasteiger partial charge in [0.1, 0.15) is 0 Å². The Morgan fingerprint density at radius 1 is 0.556 bits per heavy atom. The molecule has 0 bridgehead atoms. The summed E-state index contributed by atoms with van der Waals surface area (Å²) < 4.78 is 158. The van der Waals surface area contributed by atoms with Crippen LogP contribution in [0.4, 0.5) is 52.7 Å². The average molecular weight is 434 g/mol. The van der Waals surface area contributed by atoms with Gasteiger partial charge in [-0.15, -0.1) is 0 Å². The Hall–Kier alpha value is -0.960. The van der Waals surface area contributed by atoms with E-state index in [2.05, 4.69) is 14.2 Å². The van der Waals surface area contributed by atoms with Gasteiger partial charge < -0.3 is 14.2 Å². The Morgan fingerprint density at radius 2 is 0.778 bits per heavy atom. The second kappa shape index (κ2) is 9.49. The molecule has 164 valence electrons. The fourth-order valence-corrected chi connectivity index (χ4v) is 1.46. The van der Waals surface area contributed by atoms with E-state index in [-0.39, 0.29) is 0 Å². The SMILES string of the molecule is CCC(COC(F)C(F)(F)F)(COC(F)C(F)(F)F)COC(F)C(F)(F)F. The van der Waals surface area contributed by atoms with Gasteiger partial charge in [-0.3, -0.25) is 0 Å². The van der Waals surface area contributed by atoms with Gasteiger partial charge in [-0.2, -0.15) is 39.5 Å². The van der Waals surface area contributed by atoms with Crippen molar-refractivity contribution in [2.45, 2.75) is 50.9 Å². The van der Waals surface area contributed by atoms with E-state index in [1.807, 2.05) is 0 Å². The van der Waals surface area contributed by atoms with Crippen LogP contribution in [0.5, 0.6) is 0 Å². The zero-order valence-corrected chi connectivity index (χ0v) is 13.3. The number of rotatable bonds is 10. The molecule has 0 aliphatic rings. The predicted molar refractivity (Wildman–Crippen MR) is 63.4 cm³/mol. The smallest absolute Gasteiger partial charge is 0.340 e. The van der Waals surface area contributed by atoms with Crippen molar-refractivity contribution in [2.75, 3.05) is 19.8 Å². The zero-order chi connectivity index (χ0) is 21.7. The molecule has 0 aromatic rings. The fraction of sp³-hybridized carbons (Fsp3) is 1.00. The summed E-state index contributed by atoms with van der Waals surface area (Å²) >= 11 is 0. The van der Waals surface area contributed by atoms with E-state index in [0.717, 1.165) is 6.92 Å². The molecule has 27 heavy (non-hydrogen) atoms. The highest BCUT2D eigenvalue weighted by Gasteiger charge is 2.47. The molecule has 0 saturated carbocycles. The highest BCUT2D eigenvalue weighted by atomic mass is 19.4. The van der Waals surface area contributed by atoms with E-state index >= 15 is 0 Å². The topological polar surface area (TPSA) is 27.7 Å². The molecule has 0 spiro atoms. The molecule has 3 atom stereocenters. The van der Waals surface area contributed by atoms with Gasteiger partial charge in [0.05, 0.1) is 19.8 Å². The van der Waals surface area contributed by atoms with E-state index in [9.17, 15) is 52.7 Å². The van der Waals surface area contributed by atoms with E-state index in [0.29, 0.717) is 0 Å². The van der Waals surface area contributed by atoms with Crippen LogP contribution < -0.4 is 0 Å². The highest BCUT2D eigenvalue weighted by Crippen LogP contribution is 2.33. The van der Waals surface area contributed by atoms with Gasteiger partial charge >= 0.3 is 18.5 Å². The number of halogens is 12. The third-order valence-corrected chi connectivity index (χ3v) is 3.13. The second-order valence-electron chi connectivity index (χ2n) is 5.36. The highest BCUT2D eigenvalue weighted by molar-refractivity contribution is 4.80. The lowest BCUT2D eigenvalue weighted by Gasteiger charge is -2.34. The maximum Gasteiger partial charge on any atom is 0.445 e. The normalized spacial score (nSPS) is 19.4. The first-order valence-corrected chi connectivity index (χ1v) is 6.92. The molecule has 0 aliphatic heterocycles. The van der Waals surface area contributed by atoms with Gasteiger partial charge in [-0.1, -0.05) is 6.92 Å². The maximum absolute atomic E-state index is 12.8. The van der Waals surface area contributed by atoms with Crippen molar-refractivity contribution in [3.8, 4) is 0 Å². The van der Waals surface area contributed by atoms with Crippen LogP contribution in [0, 0.1) is 5.41 Å². The molecule has 0 aliphatic carbocycles. The van der Waals surface area contributed by atoms with E-state index < -0.39 is 69.3 Å². The molecule has 0 fully saturated rings. The summed E-state index contributed by atoms with van der Waals surface area (Å²) in [6.45, 7) is -3.49. The molecule has 0 rings (SSSR count). The molecule has 0 amide bonds. The number of ether oxygens (including phenoxy) is 3. The van der Waals surface area contributed by atoms with Gasteiger partial charge in [-0.25, -0.2) is 13.2 Å². The molecule has 0 aromatic heterocycles. The minimum absolute atomic E-state index is 0.632. The predicted octanol–water partition coefficient (Wildman–Crippen LogP) is 5.01. The van der Waals surface area contributed by atoms with Gasteiger partial charge in [0, 0.05) is 5.41 Å². The van der Waals surface area contributed by atoms with Crippen molar-refractivity contribution in [1.82, 2.24) is 0 Å². The van der Waals surface area contributed by atoms with Crippen LogP contribution in [0.25, 0.3) is 0 Å². The third-order valence-electron chi connectivity index (χ3n) is 3.13. The molecule has 0 saturated heterocycles. The van der Waals surface area contributed by atoms with Crippen LogP contribution in [-0.2, 0) is 14.2 Å². The molecule has 3 nitrogen and oxygen atoms in total. The Balaban J connectivity index is 5.23. The fourth-order valence-electron chi connectivity index (χ4n) is 1.46. The van der Waals surface area contributed by atoms with E-state index in [1.54, 1.807) is 0 Å². The van der Waals surface area contributed by atoms with Crippen molar-refractivity contribution in [3.63, 3.8) is 0 Å². The molecule has 0 N–H and O–H groups in total. The van der Waals surface area contributed by atoms with Crippen molar-refractivity contribution in [3.05, 3.63) is 0 Å². The molecular weight excluding hydrogens is 420 g/mol. The summed E-state index contributed by atoms with van der Waals surface area (Å²) in [5.41, 5.74) is -2.35. The molecule has 0 aromatic carbocycles. The first-order valence-electron chi connectivity index (χ1n) is 6.92. The molecule has 3 unspecified atom stereocenters. The summed E-state index contributed by atoms with van der Waals surface area (Å²) in [6.07, 6.45) is -29.1. The van der Waals surface area contributed by atoms with Crippen LogP contribution in [0.1, 0.15) is 13.3 Å². The van der Waals surface area contributed by atoms with Crippen LogP contribution in [-0.4, -0.2) is 57.4 Å². The second-order valence-corrected chi connectivity index (χ2v) is 5.36. The summed E-state index contributed by atoms with van der Waals surface area (Å²) in [6, 6.07) is 0.